The molecule has 2 amide bonds. The van der Waals surface area contributed by atoms with Gasteiger partial charge in [-0.05, 0) is 55.0 Å². The van der Waals surface area contributed by atoms with E-state index in [1.54, 1.807) is 30.3 Å². The minimum absolute atomic E-state index is 0.0468. The molecule has 0 unspecified atom stereocenters. The van der Waals surface area contributed by atoms with E-state index in [1.165, 1.54) is 61.5 Å². The molecule has 4 rings (SSSR count). The molecule has 0 saturated heterocycles. The van der Waals surface area contributed by atoms with Crippen molar-refractivity contribution < 1.29 is 27.1 Å². The Balaban J connectivity index is 1.79. The number of hydrogen-bond donors (Lipinski definition) is 1. The van der Waals surface area contributed by atoms with Crippen LogP contribution in [0.1, 0.15) is 16.7 Å². The number of likely N-dealkylation sites (N-methyl/N-ethyl adjacent to an activating group) is 1. The number of aryl methyl sites for hydroxylation is 1. The number of sulfonamides is 1. The van der Waals surface area contributed by atoms with Gasteiger partial charge in [-0.1, -0.05) is 66.2 Å². The third-order valence-corrected chi connectivity index (χ3v) is 8.85. The van der Waals surface area contributed by atoms with Crippen molar-refractivity contribution in [1.82, 2.24) is 10.2 Å². The van der Waals surface area contributed by atoms with Gasteiger partial charge in [0.15, 0.2) is 0 Å². The lowest BCUT2D eigenvalue weighted by molar-refractivity contribution is -0.139. The topological polar surface area (TPSA) is 96.0 Å². The lowest BCUT2D eigenvalue weighted by Crippen LogP contribution is -2.53. The molecule has 4 aromatic rings. The van der Waals surface area contributed by atoms with E-state index < -0.39 is 40.2 Å². The summed E-state index contributed by atoms with van der Waals surface area (Å²) in [5.41, 5.74) is 2.14. The van der Waals surface area contributed by atoms with E-state index in [0.717, 1.165) is 15.4 Å². The van der Waals surface area contributed by atoms with E-state index in [4.69, 9.17) is 4.74 Å². The van der Waals surface area contributed by atoms with Crippen LogP contribution < -0.4 is 14.4 Å². The van der Waals surface area contributed by atoms with Gasteiger partial charge < -0.3 is 15.0 Å². The zero-order valence-electron chi connectivity index (χ0n) is 24.2. The van der Waals surface area contributed by atoms with Crippen LogP contribution in [-0.4, -0.2) is 51.9 Å². The fourth-order valence-corrected chi connectivity index (χ4v) is 6.06. The Morgan fingerprint density at radius 1 is 0.884 bits per heavy atom. The molecular weight excluding hydrogens is 569 g/mol. The summed E-state index contributed by atoms with van der Waals surface area (Å²) in [6.07, 6.45) is 0.135. The molecular formula is C33H34FN3O5S. The number of rotatable bonds is 12. The van der Waals surface area contributed by atoms with Gasteiger partial charge in [-0.15, -0.1) is 0 Å². The first-order chi connectivity index (χ1) is 20.6. The summed E-state index contributed by atoms with van der Waals surface area (Å²) in [4.78, 5) is 28.7. The summed E-state index contributed by atoms with van der Waals surface area (Å²) in [7, 11) is -1.32. The maximum absolute atomic E-state index is 14.9. The van der Waals surface area contributed by atoms with Gasteiger partial charge in [0.1, 0.15) is 24.2 Å². The van der Waals surface area contributed by atoms with Crippen molar-refractivity contribution in [2.45, 2.75) is 30.8 Å². The third kappa shape index (κ3) is 7.58. The lowest BCUT2D eigenvalue weighted by Gasteiger charge is -2.33. The van der Waals surface area contributed by atoms with Crippen LogP contribution >= 0.6 is 0 Å². The molecule has 0 heterocycles. The molecule has 0 saturated carbocycles. The van der Waals surface area contributed by atoms with E-state index >= 15 is 0 Å². The molecule has 10 heteroatoms. The van der Waals surface area contributed by atoms with Crippen molar-refractivity contribution in [3.05, 3.63) is 126 Å². The minimum atomic E-state index is -4.26. The van der Waals surface area contributed by atoms with Gasteiger partial charge in [-0.25, -0.2) is 12.8 Å². The highest BCUT2D eigenvalue weighted by Gasteiger charge is 2.34. The van der Waals surface area contributed by atoms with Gasteiger partial charge in [-0.3, -0.25) is 13.9 Å². The van der Waals surface area contributed by atoms with Crippen molar-refractivity contribution in [3.8, 4) is 5.75 Å². The lowest BCUT2D eigenvalue weighted by atomic mass is 10.0. The van der Waals surface area contributed by atoms with Crippen LogP contribution in [-0.2, 0) is 32.6 Å². The van der Waals surface area contributed by atoms with Crippen molar-refractivity contribution in [2.24, 2.45) is 0 Å². The molecule has 1 atom stereocenters. The van der Waals surface area contributed by atoms with E-state index in [9.17, 15) is 22.4 Å². The van der Waals surface area contributed by atoms with Gasteiger partial charge >= 0.3 is 0 Å². The fraction of sp³-hybridized carbons (Fsp3) is 0.212. The summed E-state index contributed by atoms with van der Waals surface area (Å²) in [6, 6.07) is 26.6. The van der Waals surface area contributed by atoms with Gasteiger partial charge in [0.2, 0.25) is 11.8 Å². The van der Waals surface area contributed by atoms with Gasteiger partial charge in [0.25, 0.3) is 10.0 Å². The summed E-state index contributed by atoms with van der Waals surface area (Å²) in [5, 5.41) is 2.61. The normalized spacial score (nSPS) is 11.8. The van der Waals surface area contributed by atoms with E-state index in [0.29, 0.717) is 5.75 Å². The Labute approximate surface area is 251 Å². The number of ether oxygens (including phenoxy) is 1. The Bertz CT molecular complexity index is 1650. The number of carbonyl (C=O) groups excluding carboxylic acids is 2. The highest BCUT2D eigenvalue weighted by Crippen LogP contribution is 2.27. The number of methoxy groups -OCH3 is 1. The number of halogens is 1. The van der Waals surface area contributed by atoms with Gasteiger partial charge in [0, 0.05) is 25.6 Å². The van der Waals surface area contributed by atoms with Crippen molar-refractivity contribution >= 4 is 27.5 Å². The van der Waals surface area contributed by atoms with Gasteiger partial charge in [-0.2, -0.15) is 0 Å². The summed E-state index contributed by atoms with van der Waals surface area (Å²) < 4.78 is 49.1. The van der Waals surface area contributed by atoms with Gasteiger partial charge in [0.05, 0.1) is 17.7 Å². The van der Waals surface area contributed by atoms with Crippen molar-refractivity contribution in [1.29, 1.82) is 0 Å². The molecule has 0 aromatic heterocycles. The average molecular weight is 604 g/mol. The van der Waals surface area contributed by atoms with Crippen LogP contribution in [0.2, 0.25) is 0 Å². The van der Waals surface area contributed by atoms with Crippen LogP contribution in [0.25, 0.3) is 0 Å². The molecule has 1 N–H and O–H groups in total. The van der Waals surface area contributed by atoms with Crippen molar-refractivity contribution in [2.75, 3.05) is 25.0 Å². The number of anilines is 1. The predicted molar refractivity (Wildman–Crippen MR) is 164 cm³/mol. The Morgan fingerprint density at radius 2 is 1.51 bits per heavy atom. The number of amides is 2. The second-order valence-electron chi connectivity index (χ2n) is 9.96. The Hall–Kier alpha value is -4.70. The number of carbonyl (C=O) groups is 2. The zero-order valence-corrected chi connectivity index (χ0v) is 25.1. The second-order valence-corrected chi connectivity index (χ2v) is 11.8. The highest BCUT2D eigenvalue weighted by atomic mass is 32.2. The molecule has 0 fully saturated rings. The standard InChI is InChI=1S/C33H34FN3O5S/c1-24-13-15-27(16-14-24)37(43(40,41)29-19-17-28(42-3)18-20-29)23-32(38)36(22-26-11-7-8-12-30(26)34)31(33(39)35-2)21-25-9-5-4-6-10-25/h4-20,31H,21-23H2,1-3H3,(H,35,39)/t31-/m0/s1. The number of nitrogens with one attached hydrogen (secondary N) is 1. The molecule has 224 valence electrons. The Kier molecular flexibility index (Phi) is 10.2. The highest BCUT2D eigenvalue weighted by molar-refractivity contribution is 7.92. The molecule has 0 aliphatic rings. The molecule has 43 heavy (non-hydrogen) atoms. The average Bonchev–Trinajstić information content (AvgIpc) is 3.02. The molecule has 0 aliphatic heterocycles. The fourth-order valence-electron chi connectivity index (χ4n) is 4.65. The molecule has 4 aromatic carbocycles. The predicted octanol–water partition coefficient (Wildman–Crippen LogP) is 4.72. The SMILES string of the molecule is CNC(=O)[C@H](Cc1ccccc1)N(Cc1ccccc1F)C(=O)CN(c1ccc(C)cc1)S(=O)(=O)c1ccc(OC)cc1. The first-order valence-electron chi connectivity index (χ1n) is 13.7. The number of nitrogens with zero attached hydrogens (tertiary/aromatic N) is 2. The van der Waals surface area contributed by atoms with E-state index in [1.807, 2.05) is 37.3 Å². The van der Waals surface area contributed by atoms with Crippen LogP contribution in [0.15, 0.2) is 108 Å². The molecule has 0 aliphatic carbocycles. The second kappa shape index (κ2) is 14.0. The maximum Gasteiger partial charge on any atom is 0.264 e. The molecule has 0 radical (unpaired) electrons. The van der Waals surface area contributed by atoms with Crippen LogP contribution in [0.5, 0.6) is 5.75 Å². The first kappa shape index (κ1) is 31.2. The Morgan fingerprint density at radius 3 is 2.12 bits per heavy atom. The molecule has 0 spiro atoms. The van der Waals surface area contributed by atoms with Crippen molar-refractivity contribution in [3.63, 3.8) is 0 Å². The molecule has 0 bridgehead atoms. The van der Waals surface area contributed by atoms with Crippen LogP contribution in [0, 0.1) is 12.7 Å². The maximum atomic E-state index is 14.9. The summed E-state index contributed by atoms with van der Waals surface area (Å²) in [6.45, 7) is 0.986. The number of hydrogen-bond acceptors (Lipinski definition) is 5. The summed E-state index contributed by atoms with van der Waals surface area (Å²) >= 11 is 0. The third-order valence-electron chi connectivity index (χ3n) is 7.06. The van der Waals surface area contributed by atoms with E-state index in [-0.39, 0.29) is 29.1 Å². The van der Waals surface area contributed by atoms with Crippen LogP contribution in [0.3, 0.4) is 0 Å². The summed E-state index contributed by atoms with van der Waals surface area (Å²) in [5.74, 6) is -1.21. The largest absolute Gasteiger partial charge is 0.497 e. The van der Waals surface area contributed by atoms with Crippen LogP contribution in [0.4, 0.5) is 10.1 Å². The smallest absolute Gasteiger partial charge is 0.264 e. The van der Waals surface area contributed by atoms with E-state index in [2.05, 4.69) is 5.32 Å². The molecule has 8 nitrogen and oxygen atoms in total. The minimum Gasteiger partial charge on any atom is -0.497 e. The zero-order chi connectivity index (χ0) is 31.0. The first-order valence-corrected chi connectivity index (χ1v) is 15.1. The number of benzene rings is 4. The quantitative estimate of drug-likeness (QED) is 0.253. The monoisotopic (exact) mass is 603 g/mol.